The monoisotopic (exact) mass is 537 g/mol. The van der Waals surface area contributed by atoms with Crippen LogP contribution in [0.15, 0.2) is 86.4 Å². The second-order valence-corrected chi connectivity index (χ2v) is 9.57. The van der Waals surface area contributed by atoms with E-state index in [4.69, 9.17) is 8.83 Å². The Morgan fingerprint density at radius 1 is 0.775 bits per heavy atom. The van der Waals surface area contributed by atoms with Crippen LogP contribution in [0, 0.1) is 0 Å². The van der Waals surface area contributed by atoms with Crippen molar-refractivity contribution in [2.45, 2.75) is 27.7 Å². The summed E-state index contributed by atoms with van der Waals surface area (Å²) in [6.07, 6.45) is 0. The molecule has 0 radical (unpaired) electrons. The van der Waals surface area contributed by atoms with Gasteiger partial charge in [-0.05, 0) is 75.2 Å². The first-order chi connectivity index (χ1) is 19.4. The number of carbonyl (C=O) groups is 1. The summed E-state index contributed by atoms with van der Waals surface area (Å²) < 4.78 is 14.4. The molecule has 1 aliphatic carbocycles. The Hall–Kier alpha value is -4.65. The topological polar surface area (TPSA) is 86.9 Å². The third kappa shape index (κ3) is 4.91. The van der Waals surface area contributed by atoms with Crippen LogP contribution in [-0.4, -0.2) is 37.3 Å². The third-order valence-electron chi connectivity index (χ3n) is 7.44. The van der Waals surface area contributed by atoms with Gasteiger partial charge in [-0.2, -0.15) is 0 Å². The van der Waals surface area contributed by atoms with E-state index in [0.717, 1.165) is 48.2 Å². The maximum absolute atomic E-state index is 13.3. The second kappa shape index (κ2) is 11.2. The molecule has 40 heavy (non-hydrogen) atoms. The minimum absolute atomic E-state index is 0.170. The van der Waals surface area contributed by atoms with Crippen LogP contribution in [0.2, 0.25) is 0 Å². The highest BCUT2D eigenvalue weighted by Gasteiger charge is 2.22. The molecule has 0 unspecified atom stereocenters. The van der Waals surface area contributed by atoms with Crippen LogP contribution in [0.4, 0.5) is 5.69 Å². The number of rotatable bonds is 8. The minimum Gasteiger partial charge on any atom is -0.478 e. The minimum atomic E-state index is -1.03. The smallest absolute Gasteiger partial charge is 0.347 e. The van der Waals surface area contributed by atoms with Gasteiger partial charge in [-0.1, -0.05) is 18.2 Å². The van der Waals surface area contributed by atoms with Gasteiger partial charge in [0.1, 0.15) is 35.8 Å². The zero-order valence-corrected chi connectivity index (χ0v) is 23.2. The van der Waals surface area contributed by atoms with Crippen molar-refractivity contribution < 1.29 is 18.7 Å². The molecule has 0 fully saturated rings. The zero-order chi connectivity index (χ0) is 28.4. The second-order valence-electron chi connectivity index (χ2n) is 9.57. The molecule has 0 amide bonds. The van der Waals surface area contributed by atoms with E-state index in [1.165, 1.54) is 0 Å². The lowest BCUT2D eigenvalue weighted by molar-refractivity contribution is 0.0697. The summed E-state index contributed by atoms with van der Waals surface area (Å²) >= 11 is 0. The van der Waals surface area contributed by atoms with Gasteiger partial charge < -0.3 is 18.8 Å². The summed E-state index contributed by atoms with van der Waals surface area (Å²) in [5.41, 5.74) is 3.36. The molecule has 1 aliphatic heterocycles. The van der Waals surface area contributed by atoms with E-state index < -0.39 is 11.6 Å². The maximum atomic E-state index is 13.3. The van der Waals surface area contributed by atoms with Crippen LogP contribution in [0.3, 0.4) is 0 Å². The molecule has 2 aromatic carbocycles. The number of hydrogen-bond acceptors (Lipinski definition) is 5. The van der Waals surface area contributed by atoms with Crippen molar-refractivity contribution in [1.82, 2.24) is 4.58 Å². The van der Waals surface area contributed by atoms with Gasteiger partial charge in [0.2, 0.25) is 5.36 Å². The average Bonchev–Trinajstić information content (AvgIpc) is 2.97. The van der Waals surface area contributed by atoms with Crippen LogP contribution in [0.1, 0.15) is 38.1 Å². The molecule has 0 spiro atoms. The molecular weight excluding hydrogens is 504 g/mol. The molecule has 3 aromatic rings. The van der Waals surface area contributed by atoms with Crippen molar-refractivity contribution in [3.63, 3.8) is 0 Å². The van der Waals surface area contributed by atoms with Crippen LogP contribution in [0.5, 0.6) is 0 Å². The molecular formula is C33H33N2O5+. The van der Waals surface area contributed by atoms with E-state index in [0.29, 0.717) is 28.2 Å². The Morgan fingerprint density at radius 3 is 2.20 bits per heavy atom. The molecule has 0 saturated carbocycles. The SMILES string of the molecule is CCN(CC)c1ccc2cc(-c3cc(-c4ccccc4C(=O)O)c4ccc(=[N+](CC)CC)cc-4o3)c(=O)oc2c1. The van der Waals surface area contributed by atoms with Crippen molar-refractivity contribution in [3.8, 4) is 33.8 Å². The predicted molar refractivity (Wildman–Crippen MR) is 159 cm³/mol. The number of hydrogen-bond donors (Lipinski definition) is 1. The molecule has 7 heteroatoms. The number of benzene rings is 3. The molecule has 0 bridgehead atoms. The first-order valence-corrected chi connectivity index (χ1v) is 13.7. The quantitative estimate of drug-likeness (QED) is 0.188. The van der Waals surface area contributed by atoms with Crippen LogP contribution in [0.25, 0.3) is 44.7 Å². The van der Waals surface area contributed by atoms with Gasteiger partial charge in [-0.25, -0.2) is 14.2 Å². The standard InChI is InChI=1S/C33H32N2O5/c1-5-34(6-2)22-14-13-21-17-28(33(38)40-29(21)18-22)31-20-27(24-11-9-10-12-26(24)32(36)37)25-16-15-23(19-30(25)39-31)35(7-3)8-4/h9-20H,5-8H2,1-4H3/p+1. The van der Waals surface area contributed by atoms with Gasteiger partial charge in [0, 0.05) is 41.9 Å². The van der Waals surface area contributed by atoms with Crippen molar-refractivity contribution in [2.75, 3.05) is 31.1 Å². The van der Waals surface area contributed by atoms with Crippen LogP contribution in [-0.2, 0) is 0 Å². The molecule has 7 nitrogen and oxygen atoms in total. The molecule has 1 N–H and O–H groups in total. The van der Waals surface area contributed by atoms with Gasteiger partial charge in [0.05, 0.1) is 11.6 Å². The summed E-state index contributed by atoms with van der Waals surface area (Å²) in [4.78, 5) is 27.7. The summed E-state index contributed by atoms with van der Waals surface area (Å²) in [6.45, 7) is 11.7. The first-order valence-electron chi connectivity index (χ1n) is 13.7. The van der Waals surface area contributed by atoms with E-state index >= 15 is 0 Å². The van der Waals surface area contributed by atoms with Gasteiger partial charge in [-0.15, -0.1) is 0 Å². The molecule has 1 aromatic heterocycles. The highest BCUT2D eigenvalue weighted by Crippen LogP contribution is 2.39. The highest BCUT2D eigenvalue weighted by molar-refractivity contribution is 5.99. The van der Waals surface area contributed by atoms with Crippen molar-refractivity contribution in [2.24, 2.45) is 0 Å². The molecule has 0 saturated heterocycles. The fourth-order valence-electron chi connectivity index (χ4n) is 5.28. The highest BCUT2D eigenvalue weighted by atomic mass is 16.4. The number of anilines is 1. The summed E-state index contributed by atoms with van der Waals surface area (Å²) in [6, 6.07) is 22.1. The van der Waals surface area contributed by atoms with E-state index in [1.807, 2.05) is 36.4 Å². The molecule has 2 heterocycles. The predicted octanol–water partition coefficient (Wildman–Crippen LogP) is 6.18. The number of aromatic carboxylic acids is 1. The van der Waals surface area contributed by atoms with Crippen molar-refractivity contribution in [1.29, 1.82) is 0 Å². The average molecular weight is 538 g/mol. The van der Waals surface area contributed by atoms with Gasteiger partial charge >= 0.3 is 11.6 Å². The summed E-state index contributed by atoms with van der Waals surface area (Å²) in [7, 11) is 0. The van der Waals surface area contributed by atoms with Gasteiger partial charge in [0.25, 0.3) is 0 Å². The Morgan fingerprint density at radius 2 is 1.50 bits per heavy atom. The third-order valence-corrected chi connectivity index (χ3v) is 7.44. The number of carboxylic acid groups (broad SMARTS) is 1. The van der Waals surface area contributed by atoms with E-state index in [2.05, 4.69) is 37.2 Å². The first kappa shape index (κ1) is 26.9. The fraction of sp³-hybridized carbons (Fsp3) is 0.242. The Labute approximate surface area is 232 Å². The zero-order valence-electron chi connectivity index (χ0n) is 23.2. The lowest BCUT2D eigenvalue weighted by Gasteiger charge is -2.21. The van der Waals surface area contributed by atoms with Crippen LogP contribution < -0.4 is 20.5 Å². The maximum Gasteiger partial charge on any atom is 0.347 e. The largest absolute Gasteiger partial charge is 0.478 e. The summed E-state index contributed by atoms with van der Waals surface area (Å²) in [5, 5.41) is 11.7. The number of fused-ring (bicyclic) bond motifs is 2. The lowest BCUT2D eigenvalue weighted by atomic mass is 9.93. The Bertz CT molecular complexity index is 1800. The molecule has 5 rings (SSSR count). The number of nitrogens with zero attached hydrogens (tertiary/aromatic N) is 2. The fourth-order valence-corrected chi connectivity index (χ4v) is 5.28. The Kier molecular flexibility index (Phi) is 7.56. The van der Waals surface area contributed by atoms with Gasteiger partial charge in [-0.3, -0.25) is 0 Å². The van der Waals surface area contributed by atoms with Gasteiger partial charge in [0.15, 0.2) is 0 Å². The van der Waals surface area contributed by atoms with E-state index in [9.17, 15) is 14.7 Å². The lowest BCUT2D eigenvalue weighted by Crippen LogP contribution is -2.29. The summed E-state index contributed by atoms with van der Waals surface area (Å²) in [5.74, 6) is -0.170. The molecule has 2 aliphatic rings. The van der Waals surface area contributed by atoms with E-state index in [-0.39, 0.29) is 11.1 Å². The van der Waals surface area contributed by atoms with Crippen LogP contribution >= 0.6 is 0 Å². The Balaban J connectivity index is 1.79. The number of carboxylic acids is 1. The molecule has 204 valence electrons. The van der Waals surface area contributed by atoms with Crippen molar-refractivity contribution in [3.05, 3.63) is 94.1 Å². The normalized spacial score (nSPS) is 11.2. The van der Waals surface area contributed by atoms with E-state index in [1.54, 1.807) is 36.4 Å². The molecule has 0 atom stereocenters. The van der Waals surface area contributed by atoms with Crippen molar-refractivity contribution >= 4 is 22.6 Å².